The maximum Gasteiger partial charge on any atom is 0.220 e. The third-order valence-corrected chi connectivity index (χ3v) is 4.03. The van der Waals surface area contributed by atoms with Crippen molar-refractivity contribution in [2.24, 2.45) is 0 Å². The van der Waals surface area contributed by atoms with Crippen molar-refractivity contribution in [3.63, 3.8) is 0 Å². The zero-order valence-corrected chi connectivity index (χ0v) is 14.3. The van der Waals surface area contributed by atoms with E-state index < -0.39 is 12.1 Å². The van der Waals surface area contributed by atoms with Crippen molar-refractivity contribution < 1.29 is 19.1 Å². The van der Waals surface area contributed by atoms with Crippen LogP contribution in [0, 0.1) is 12.7 Å². The van der Waals surface area contributed by atoms with Gasteiger partial charge in [-0.05, 0) is 31.5 Å². The molecule has 0 saturated heterocycles. The molecular formula is C20H22FNO3. The summed E-state index contributed by atoms with van der Waals surface area (Å²) in [7, 11) is 0. The Bertz CT molecular complexity index is 726. The lowest BCUT2D eigenvalue weighted by Crippen LogP contribution is -2.37. The van der Waals surface area contributed by atoms with Crippen LogP contribution in [0.5, 0.6) is 0 Å². The zero-order valence-electron chi connectivity index (χ0n) is 14.3. The summed E-state index contributed by atoms with van der Waals surface area (Å²) < 4.78 is 12.9. The highest BCUT2D eigenvalue weighted by atomic mass is 19.1. The molecule has 2 aromatic rings. The Morgan fingerprint density at radius 1 is 1.04 bits per heavy atom. The number of hydrogen-bond donors (Lipinski definition) is 2. The molecule has 0 saturated carbocycles. The molecular weight excluding hydrogens is 321 g/mol. The first kappa shape index (κ1) is 18.8. The number of aliphatic hydroxyl groups excluding tert-OH is 1. The second-order valence-electron chi connectivity index (χ2n) is 6.14. The molecule has 4 nitrogen and oxygen atoms in total. The molecule has 0 aliphatic carbocycles. The molecule has 0 spiro atoms. The summed E-state index contributed by atoms with van der Waals surface area (Å²) in [5, 5.41) is 12.9. The van der Waals surface area contributed by atoms with Crippen LogP contribution in [0.25, 0.3) is 0 Å². The van der Waals surface area contributed by atoms with Crippen molar-refractivity contribution in [2.45, 2.75) is 38.8 Å². The molecule has 0 aliphatic heterocycles. The van der Waals surface area contributed by atoms with Gasteiger partial charge in [0.2, 0.25) is 5.91 Å². The van der Waals surface area contributed by atoms with Crippen molar-refractivity contribution in [3.8, 4) is 0 Å². The summed E-state index contributed by atoms with van der Waals surface area (Å²) in [6.45, 7) is 3.60. The van der Waals surface area contributed by atoms with Crippen LogP contribution in [0.2, 0.25) is 0 Å². The van der Waals surface area contributed by atoms with Crippen molar-refractivity contribution in [1.29, 1.82) is 0 Å². The number of nitrogens with one attached hydrogen (secondary N) is 1. The molecule has 0 aromatic heterocycles. The van der Waals surface area contributed by atoms with E-state index in [1.165, 1.54) is 24.3 Å². The third kappa shape index (κ3) is 5.50. The first-order chi connectivity index (χ1) is 11.9. The minimum atomic E-state index is -0.947. The van der Waals surface area contributed by atoms with Crippen molar-refractivity contribution in [1.82, 2.24) is 5.32 Å². The predicted molar refractivity (Wildman–Crippen MR) is 93.7 cm³/mol. The van der Waals surface area contributed by atoms with Crippen molar-refractivity contribution in [2.75, 3.05) is 0 Å². The van der Waals surface area contributed by atoms with Gasteiger partial charge in [-0.25, -0.2) is 4.39 Å². The summed E-state index contributed by atoms with van der Waals surface area (Å²) in [5.41, 5.74) is 2.17. The van der Waals surface area contributed by atoms with Crippen LogP contribution in [0.15, 0.2) is 48.5 Å². The fraction of sp³-hybridized carbons (Fsp3) is 0.300. The second kappa shape index (κ2) is 8.53. The molecule has 132 valence electrons. The van der Waals surface area contributed by atoms with Crippen LogP contribution >= 0.6 is 0 Å². The first-order valence-corrected chi connectivity index (χ1v) is 8.19. The Kier molecular flexibility index (Phi) is 6.42. The van der Waals surface area contributed by atoms with Gasteiger partial charge in [-0.2, -0.15) is 0 Å². The van der Waals surface area contributed by atoms with E-state index in [-0.39, 0.29) is 30.3 Å². The van der Waals surface area contributed by atoms with Gasteiger partial charge in [0.25, 0.3) is 0 Å². The molecule has 0 bridgehead atoms. The quantitative estimate of drug-likeness (QED) is 0.758. The molecule has 0 aliphatic rings. The lowest BCUT2D eigenvalue weighted by molar-refractivity contribution is -0.122. The molecule has 2 atom stereocenters. The van der Waals surface area contributed by atoms with E-state index in [0.717, 1.165) is 5.56 Å². The van der Waals surface area contributed by atoms with Crippen LogP contribution in [-0.2, 0) is 4.79 Å². The average molecular weight is 343 g/mol. The number of Topliss-reactive ketones (excluding diaryl/α,β-unsaturated/α-hetero) is 1. The topological polar surface area (TPSA) is 66.4 Å². The van der Waals surface area contributed by atoms with E-state index in [9.17, 15) is 19.1 Å². The highest BCUT2D eigenvalue weighted by Gasteiger charge is 2.19. The fourth-order valence-corrected chi connectivity index (χ4v) is 2.46. The maximum atomic E-state index is 12.9. The lowest BCUT2D eigenvalue weighted by atomic mass is 10.0. The molecule has 25 heavy (non-hydrogen) atoms. The molecule has 2 rings (SSSR count). The zero-order chi connectivity index (χ0) is 18.4. The SMILES string of the molecule is Cc1ccc(C(=O)CCC(=O)NC(C)C(O)c2ccc(F)cc2)cc1. The number of ketones is 1. The van der Waals surface area contributed by atoms with Gasteiger partial charge in [-0.1, -0.05) is 42.0 Å². The molecule has 1 amide bonds. The molecule has 0 heterocycles. The monoisotopic (exact) mass is 343 g/mol. The van der Waals surface area contributed by atoms with E-state index in [1.807, 2.05) is 19.1 Å². The number of aryl methyl sites for hydroxylation is 1. The summed E-state index contributed by atoms with van der Waals surface area (Å²) in [6, 6.07) is 12.1. The van der Waals surface area contributed by atoms with Gasteiger partial charge in [0.15, 0.2) is 5.78 Å². The highest BCUT2D eigenvalue weighted by Crippen LogP contribution is 2.17. The lowest BCUT2D eigenvalue weighted by Gasteiger charge is -2.20. The summed E-state index contributed by atoms with van der Waals surface area (Å²) in [5.74, 6) is -0.793. The Morgan fingerprint density at radius 3 is 2.24 bits per heavy atom. The minimum Gasteiger partial charge on any atom is -0.386 e. The second-order valence-corrected chi connectivity index (χ2v) is 6.14. The number of rotatable bonds is 7. The average Bonchev–Trinajstić information content (AvgIpc) is 2.60. The molecule has 2 unspecified atom stereocenters. The van der Waals surface area contributed by atoms with E-state index in [0.29, 0.717) is 11.1 Å². The highest BCUT2D eigenvalue weighted by molar-refractivity contribution is 5.97. The van der Waals surface area contributed by atoms with E-state index in [4.69, 9.17) is 0 Å². The number of carbonyl (C=O) groups excluding carboxylic acids is 2. The third-order valence-electron chi connectivity index (χ3n) is 4.03. The first-order valence-electron chi connectivity index (χ1n) is 8.19. The Hall–Kier alpha value is -2.53. The van der Waals surface area contributed by atoms with Crippen molar-refractivity contribution >= 4 is 11.7 Å². The number of amides is 1. The molecule has 0 fully saturated rings. The largest absolute Gasteiger partial charge is 0.386 e. The van der Waals surface area contributed by atoms with Gasteiger partial charge < -0.3 is 10.4 Å². The molecule has 0 radical (unpaired) electrons. The van der Waals surface area contributed by atoms with Crippen LogP contribution < -0.4 is 5.32 Å². The number of halogens is 1. The van der Waals surface area contributed by atoms with Gasteiger partial charge in [0.1, 0.15) is 5.82 Å². The van der Waals surface area contributed by atoms with Gasteiger partial charge in [-0.15, -0.1) is 0 Å². The van der Waals surface area contributed by atoms with E-state index >= 15 is 0 Å². The fourth-order valence-electron chi connectivity index (χ4n) is 2.46. The molecule has 5 heteroatoms. The minimum absolute atomic E-state index is 0.0488. The number of benzene rings is 2. The summed E-state index contributed by atoms with van der Waals surface area (Å²) >= 11 is 0. The van der Waals surface area contributed by atoms with Gasteiger partial charge in [-0.3, -0.25) is 9.59 Å². The predicted octanol–water partition coefficient (Wildman–Crippen LogP) is 3.34. The van der Waals surface area contributed by atoms with Gasteiger partial charge >= 0.3 is 0 Å². The molecule has 2 aromatic carbocycles. The molecule has 2 N–H and O–H groups in total. The van der Waals surface area contributed by atoms with Crippen molar-refractivity contribution in [3.05, 3.63) is 71.0 Å². The normalized spacial score (nSPS) is 13.1. The van der Waals surface area contributed by atoms with Crippen LogP contribution in [-0.4, -0.2) is 22.8 Å². The Balaban J connectivity index is 1.83. The van der Waals surface area contributed by atoms with E-state index in [2.05, 4.69) is 5.32 Å². The smallest absolute Gasteiger partial charge is 0.220 e. The Labute approximate surface area is 146 Å². The van der Waals surface area contributed by atoms with Gasteiger partial charge in [0.05, 0.1) is 12.1 Å². The van der Waals surface area contributed by atoms with Crippen LogP contribution in [0.1, 0.15) is 47.4 Å². The maximum absolute atomic E-state index is 12.9. The summed E-state index contributed by atoms with van der Waals surface area (Å²) in [4.78, 5) is 24.1. The number of carbonyl (C=O) groups is 2. The van der Waals surface area contributed by atoms with Crippen LogP contribution in [0.3, 0.4) is 0 Å². The van der Waals surface area contributed by atoms with Crippen LogP contribution in [0.4, 0.5) is 4.39 Å². The Morgan fingerprint density at radius 2 is 1.64 bits per heavy atom. The standard InChI is InChI=1S/C20H22FNO3/c1-13-3-5-15(6-4-13)18(23)11-12-19(24)22-14(2)20(25)16-7-9-17(21)10-8-16/h3-10,14,20,25H,11-12H2,1-2H3,(H,22,24). The number of hydrogen-bond acceptors (Lipinski definition) is 3. The number of aliphatic hydroxyl groups is 1. The van der Waals surface area contributed by atoms with E-state index in [1.54, 1.807) is 19.1 Å². The van der Waals surface area contributed by atoms with Gasteiger partial charge in [0, 0.05) is 18.4 Å². The summed E-state index contributed by atoms with van der Waals surface area (Å²) in [6.07, 6.45) is -0.793.